The Balaban J connectivity index is 2.84. The fourth-order valence-electron chi connectivity index (χ4n) is 0.443. The Kier molecular flexibility index (Phi) is 2.04. The van der Waals surface area contributed by atoms with Gasteiger partial charge in [-0.05, 0) is 0 Å². The van der Waals surface area contributed by atoms with Crippen LogP contribution in [0.25, 0.3) is 0 Å². The van der Waals surface area contributed by atoms with E-state index in [1.54, 1.807) is 5.51 Å². The minimum atomic E-state index is 0.365. The van der Waals surface area contributed by atoms with Crippen LogP contribution in [0.1, 0.15) is 4.88 Å². The maximum atomic E-state index is 8.23. The Morgan fingerprint density at radius 2 is 2.67 bits per heavy atom. The number of nitriles is 1. The monoisotopic (exact) mass is 158 g/mol. The molecule has 0 aliphatic heterocycles. The first kappa shape index (κ1) is 6.53. The van der Waals surface area contributed by atoms with Gasteiger partial charge in [0.05, 0.1) is 22.9 Å². The molecule has 9 heavy (non-hydrogen) atoms. The lowest BCUT2D eigenvalue weighted by Gasteiger charge is -1.81. The van der Waals surface area contributed by atoms with Crippen LogP contribution in [0.15, 0.2) is 5.51 Å². The first-order valence-electron chi connectivity index (χ1n) is 2.29. The van der Waals surface area contributed by atoms with Gasteiger partial charge in [0.25, 0.3) is 0 Å². The van der Waals surface area contributed by atoms with E-state index in [0.717, 1.165) is 4.88 Å². The zero-order valence-corrected chi connectivity index (χ0v) is 6.04. The first-order valence-corrected chi connectivity index (χ1v) is 3.55. The van der Waals surface area contributed by atoms with Gasteiger partial charge in [-0.1, -0.05) is 11.6 Å². The topological polar surface area (TPSA) is 36.7 Å². The quantitative estimate of drug-likeness (QED) is 0.626. The summed E-state index contributed by atoms with van der Waals surface area (Å²) in [6.07, 6.45) is 0.365. The summed E-state index contributed by atoms with van der Waals surface area (Å²) in [6, 6.07) is 2.00. The number of aromatic nitrogens is 1. The van der Waals surface area contributed by atoms with Gasteiger partial charge < -0.3 is 0 Å². The van der Waals surface area contributed by atoms with E-state index in [4.69, 9.17) is 16.9 Å². The Hall–Kier alpha value is -0.590. The van der Waals surface area contributed by atoms with Gasteiger partial charge in [-0.3, -0.25) is 0 Å². The molecule has 0 radical (unpaired) electrons. The average molecular weight is 159 g/mol. The average Bonchev–Trinajstić information content (AvgIpc) is 2.18. The molecule has 0 atom stereocenters. The minimum absolute atomic E-state index is 0.365. The van der Waals surface area contributed by atoms with Crippen LogP contribution in [0, 0.1) is 11.3 Å². The Labute approximate surface area is 61.7 Å². The molecule has 0 saturated carbocycles. The van der Waals surface area contributed by atoms with Gasteiger partial charge in [0.1, 0.15) is 5.15 Å². The van der Waals surface area contributed by atoms with Crippen LogP contribution in [-0.2, 0) is 6.42 Å². The summed E-state index contributed by atoms with van der Waals surface area (Å²) in [4.78, 5) is 4.61. The third-order valence-electron chi connectivity index (χ3n) is 0.831. The molecule has 1 aromatic heterocycles. The second kappa shape index (κ2) is 2.81. The third kappa shape index (κ3) is 1.41. The molecule has 1 aromatic rings. The van der Waals surface area contributed by atoms with Crippen molar-refractivity contribution in [3.63, 3.8) is 0 Å². The molecule has 1 rings (SSSR count). The van der Waals surface area contributed by atoms with Crippen LogP contribution >= 0.6 is 22.9 Å². The number of rotatable bonds is 1. The van der Waals surface area contributed by atoms with Crippen LogP contribution < -0.4 is 0 Å². The van der Waals surface area contributed by atoms with Crippen molar-refractivity contribution < 1.29 is 0 Å². The largest absolute Gasteiger partial charge is 0.233 e. The third-order valence-corrected chi connectivity index (χ3v) is 2.10. The molecule has 0 saturated heterocycles. The van der Waals surface area contributed by atoms with Crippen LogP contribution in [-0.4, -0.2) is 4.98 Å². The van der Waals surface area contributed by atoms with Crippen molar-refractivity contribution in [2.24, 2.45) is 0 Å². The summed E-state index contributed by atoms with van der Waals surface area (Å²) in [5, 5.41) is 8.69. The van der Waals surface area contributed by atoms with Gasteiger partial charge in [-0.15, -0.1) is 11.3 Å². The van der Waals surface area contributed by atoms with E-state index in [2.05, 4.69) is 4.98 Å². The second-order valence-electron chi connectivity index (χ2n) is 1.40. The SMILES string of the molecule is N#CCc1scnc1Cl. The molecule has 4 heteroatoms. The maximum absolute atomic E-state index is 8.23. The number of hydrogen-bond acceptors (Lipinski definition) is 3. The van der Waals surface area contributed by atoms with Crippen LogP contribution in [0.2, 0.25) is 5.15 Å². The molecule has 46 valence electrons. The van der Waals surface area contributed by atoms with Crippen molar-refractivity contribution in [1.29, 1.82) is 5.26 Å². The zero-order chi connectivity index (χ0) is 6.69. The molecular weight excluding hydrogens is 156 g/mol. The number of thiazole rings is 1. The van der Waals surface area contributed by atoms with E-state index < -0.39 is 0 Å². The molecule has 2 nitrogen and oxygen atoms in total. The van der Waals surface area contributed by atoms with Gasteiger partial charge in [-0.25, -0.2) is 4.98 Å². The molecule has 0 aliphatic carbocycles. The van der Waals surface area contributed by atoms with Crippen molar-refractivity contribution in [2.75, 3.05) is 0 Å². The van der Waals surface area contributed by atoms with E-state index in [1.807, 2.05) is 6.07 Å². The van der Waals surface area contributed by atoms with Crippen molar-refractivity contribution >= 4 is 22.9 Å². The normalized spacial score (nSPS) is 8.89. The van der Waals surface area contributed by atoms with E-state index >= 15 is 0 Å². The molecule has 0 unspecified atom stereocenters. The summed E-state index contributed by atoms with van der Waals surface area (Å²) < 4.78 is 0. The van der Waals surface area contributed by atoms with Crippen LogP contribution in [0.5, 0.6) is 0 Å². The lowest BCUT2D eigenvalue weighted by atomic mass is 10.4. The maximum Gasteiger partial charge on any atom is 0.144 e. The highest BCUT2D eigenvalue weighted by atomic mass is 35.5. The van der Waals surface area contributed by atoms with Crippen molar-refractivity contribution in [2.45, 2.75) is 6.42 Å². The van der Waals surface area contributed by atoms with Crippen molar-refractivity contribution in [3.05, 3.63) is 15.5 Å². The Morgan fingerprint density at radius 3 is 3.11 bits per heavy atom. The molecule has 0 aromatic carbocycles. The van der Waals surface area contributed by atoms with Crippen LogP contribution in [0.4, 0.5) is 0 Å². The highest BCUT2D eigenvalue weighted by Crippen LogP contribution is 2.17. The highest BCUT2D eigenvalue weighted by molar-refractivity contribution is 7.10. The summed E-state index contributed by atoms with van der Waals surface area (Å²) in [5.41, 5.74) is 1.63. The Bertz CT molecular complexity index is 237. The number of hydrogen-bond donors (Lipinski definition) is 0. The highest BCUT2D eigenvalue weighted by Gasteiger charge is 1.99. The molecule has 0 spiro atoms. The molecule has 0 aliphatic rings. The van der Waals surface area contributed by atoms with E-state index in [-0.39, 0.29) is 0 Å². The smallest absolute Gasteiger partial charge is 0.144 e. The zero-order valence-electron chi connectivity index (χ0n) is 4.47. The van der Waals surface area contributed by atoms with Crippen molar-refractivity contribution in [1.82, 2.24) is 4.98 Å². The summed E-state index contributed by atoms with van der Waals surface area (Å²) in [6.45, 7) is 0. The predicted octanol–water partition coefficient (Wildman–Crippen LogP) is 1.86. The van der Waals surface area contributed by atoms with Gasteiger partial charge in [0.15, 0.2) is 0 Å². The fraction of sp³-hybridized carbons (Fsp3) is 0.200. The van der Waals surface area contributed by atoms with E-state index in [9.17, 15) is 0 Å². The molecule has 0 fully saturated rings. The van der Waals surface area contributed by atoms with Gasteiger partial charge in [-0.2, -0.15) is 5.26 Å². The lowest BCUT2D eigenvalue weighted by Crippen LogP contribution is -1.73. The molecule has 0 amide bonds. The number of halogens is 1. The standard InChI is InChI=1S/C5H3ClN2S/c6-5-4(1-2-7)9-3-8-5/h3H,1H2. The minimum Gasteiger partial charge on any atom is -0.233 e. The van der Waals surface area contributed by atoms with Gasteiger partial charge >= 0.3 is 0 Å². The molecule has 1 heterocycles. The van der Waals surface area contributed by atoms with Gasteiger partial charge in [0, 0.05) is 0 Å². The second-order valence-corrected chi connectivity index (χ2v) is 2.70. The van der Waals surface area contributed by atoms with Gasteiger partial charge in [0.2, 0.25) is 0 Å². The summed E-state index contributed by atoms with van der Waals surface area (Å²) >= 11 is 6.98. The molecule has 0 bridgehead atoms. The van der Waals surface area contributed by atoms with Crippen molar-refractivity contribution in [3.8, 4) is 6.07 Å². The van der Waals surface area contributed by atoms with E-state index in [0.29, 0.717) is 11.6 Å². The summed E-state index contributed by atoms with van der Waals surface area (Å²) in [7, 11) is 0. The van der Waals surface area contributed by atoms with E-state index in [1.165, 1.54) is 11.3 Å². The summed E-state index contributed by atoms with van der Waals surface area (Å²) in [5.74, 6) is 0. The molecule has 0 N–H and O–H groups in total. The lowest BCUT2D eigenvalue weighted by molar-refractivity contribution is 1.28. The molecular formula is C5H3ClN2S. The predicted molar refractivity (Wildman–Crippen MR) is 36.4 cm³/mol. The fourth-order valence-corrected chi connectivity index (χ4v) is 1.33. The first-order chi connectivity index (χ1) is 4.34. The Morgan fingerprint density at radius 1 is 1.89 bits per heavy atom. The van der Waals surface area contributed by atoms with Crippen LogP contribution in [0.3, 0.4) is 0 Å². The number of nitrogens with zero attached hydrogens (tertiary/aromatic N) is 2.